The predicted molar refractivity (Wildman–Crippen MR) is 92.7 cm³/mol. The average Bonchev–Trinajstić information content (AvgIpc) is 2.46. The van der Waals surface area contributed by atoms with Crippen LogP contribution in [0.15, 0.2) is 48.4 Å². The molecule has 0 saturated carbocycles. The van der Waals surface area contributed by atoms with Gasteiger partial charge in [0.2, 0.25) is 5.91 Å². The number of hydrogen-bond acceptors (Lipinski definition) is 3. The van der Waals surface area contributed by atoms with Gasteiger partial charge in [-0.05, 0) is 47.9 Å². The molecule has 0 aliphatic rings. The first kappa shape index (κ1) is 17.6. The molecule has 0 aliphatic heterocycles. The second-order valence-corrected chi connectivity index (χ2v) is 5.31. The molecule has 1 aromatic rings. The summed E-state index contributed by atoms with van der Waals surface area (Å²) in [4.78, 5) is 12.1. The lowest BCUT2D eigenvalue weighted by Gasteiger charge is -2.15. The summed E-state index contributed by atoms with van der Waals surface area (Å²) in [5.74, 6) is 0.527. The molecule has 0 atom stereocenters. The molecular formula is C18H25N3O. The third-order valence-electron chi connectivity index (χ3n) is 3.21. The van der Waals surface area contributed by atoms with E-state index in [2.05, 4.69) is 25.2 Å². The Balaban J connectivity index is 2.98. The van der Waals surface area contributed by atoms with Crippen LogP contribution in [0.5, 0.6) is 0 Å². The zero-order chi connectivity index (χ0) is 16.5. The first-order valence-corrected chi connectivity index (χ1v) is 7.38. The average molecular weight is 299 g/mol. The first-order chi connectivity index (χ1) is 10.5. The van der Waals surface area contributed by atoms with Gasteiger partial charge >= 0.3 is 0 Å². The molecule has 1 amide bonds. The van der Waals surface area contributed by atoms with Gasteiger partial charge in [0.1, 0.15) is 5.82 Å². The summed E-state index contributed by atoms with van der Waals surface area (Å²) < 4.78 is 0. The third-order valence-corrected chi connectivity index (χ3v) is 3.21. The molecule has 0 spiro atoms. The smallest absolute Gasteiger partial charge is 0.229 e. The van der Waals surface area contributed by atoms with Crippen molar-refractivity contribution in [3.63, 3.8) is 0 Å². The van der Waals surface area contributed by atoms with E-state index in [1.165, 1.54) is 11.8 Å². The van der Waals surface area contributed by atoms with E-state index in [4.69, 9.17) is 11.5 Å². The molecule has 0 unspecified atom stereocenters. The standard InChI is InChI=1S/C18H25N3O/c1-4-7-16-14(8-5-9-15(16)13(2)3)12-18(22)21-17(20)10-6-11-19/h4-11,13H,12,19-20H2,1-3H3,(H,21,22)/b7-4-,11-6-,17-10+. The number of nitrogens with two attached hydrogens (primary N) is 2. The minimum atomic E-state index is -0.147. The minimum absolute atomic E-state index is 0.147. The van der Waals surface area contributed by atoms with E-state index >= 15 is 0 Å². The van der Waals surface area contributed by atoms with E-state index < -0.39 is 0 Å². The Morgan fingerprint density at radius 1 is 1.36 bits per heavy atom. The van der Waals surface area contributed by atoms with Crippen LogP contribution in [0.4, 0.5) is 0 Å². The number of carbonyl (C=O) groups is 1. The molecule has 0 aromatic heterocycles. The van der Waals surface area contributed by atoms with Crippen molar-refractivity contribution in [1.29, 1.82) is 0 Å². The lowest BCUT2D eigenvalue weighted by atomic mass is 9.91. The predicted octanol–water partition coefficient (Wildman–Crippen LogP) is 2.77. The van der Waals surface area contributed by atoms with Crippen LogP contribution in [0.2, 0.25) is 0 Å². The number of rotatable bonds is 6. The van der Waals surface area contributed by atoms with Crippen molar-refractivity contribution in [1.82, 2.24) is 5.32 Å². The zero-order valence-corrected chi connectivity index (χ0v) is 13.5. The van der Waals surface area contributed by atoms with Gasteiger partial charge in [-0.3, -0.25) is 4.79 Å². The summed E-state index contributed by atoms with van der Waals surface area (Å²) in [6.07, 6.45) is 8.79. The molecule has 0 saturated heterocycles. The summed E-state index contributed by atoms with van der Waals surface area (Å²) >= 11 is 0. The van der Waals surface area contributed by atoms with Crippen molar-refractivity contribution < 1.29 is 4.79 Å². The van der Waals surface area contributed by atoms with Crippen molar-refractivity contribution in [3.05, 3.63) is 65.1 Å². The van der Waals surface area contributed by atoms with E-state index in [9.17, 15) is 4.79 Å². The lowest BCUT2D eigenvalue weighted by molar-refractivity contribution is -0.119. The summed E-state index contributed by atoms with van der Waals surface area (Å²) in [6.45, 7) is 6.26. The number of amides is 1. The SMILES string of the molecule is C/C=C\c1c(CC(=O)N/C(N)=C/C=C\N)cccc1C(C)C. The van der Waals surface area contributed by atoms with Gasteiger partial charge in [-0.1, -0.05) is 44.2 Å². The highest BCUT2D eigenvalue weighted by molar-refractivity contribution is 5.81. The van der Waals surface area contributed by atoms with Gasteiger partial charge in [-0.25, -0.2) is 0 Å². The molecule has 1 aromatic carbocycles. The number of nitrogens with one attached hydrogen (secondary N) is 1. The van der Waals surface area contributed by atoms with E-state index in [0.717, 1.165) is 11.1 Å². The molecule has 4 nitrogen and oxygen atoms in total. The fourth-order valence-electron chi connectivity index (χ4n) is 2.24. The van der Waals surface area contributed by atoms with Crippen molar-refractivity contribution in [2.45, 2.75) is 33.1 Å². The normalized spacial score (nSPS) is 12.5. The van der Waals surface area contributed by atoms with Crippen LogP contribution in [0.1, 0.15) is 43.4 Å². The van der Waals surface area contributed by atoms with Crippen LogP contribution in [0.25, 0.3) is 6.08 Å². The van der Waals surface area contributed by atoms with Gasteiger partial charge < -0.3 is 16.8 Å². The maximum Gasteiger partial charge on any atom is 0.229 e. The van der Waals surface area contributed by atoms with Crippen LogP contribution < -0.4 is 16.8 Å². The monoisotopic (exact) mass is 299 g/mol. The number of carbonyl (C=O) groups excluding carboxylic acids is 1. The highest BCUT2D eigenvalue weighted by Gasteiger charge is 2.12. The van der Waals surface area contributed by atoms with Gasteiger partial charge in [0, 0.05) is 0 Å². The van der Waals surface area contributed by atoms with Crippen LogP contribution >= 0.6 is 0 Å². The molecule has 0 bridgehead atoms. The topological polar surface area (TPSA) is 81.1 Å². The third kappa shape index (κ3) is 5.13. The number of hydrogen-bond donors (Lipinski definition) is 3. The Hall–Kier alpha value is -2.49. The highest BCUT2D eigenvalue weighted by atomic mass is 16.1. The Morgan fingerprint density at radius 3 is 2.68 bits per heavy atom. The maximum atomic E-state index is 12.1. The van der Waals surface area contributed by atoms with Crippen molar-refractivity contribution in [3.8, 4) is 0 Å². The number of benzene rings is 1. The zero-order valence-electron chi connectivity index (χ0n) is 13.5. The molecule has 0 fully saturated rings. The Morgan fingerprint density at radius 2 is 2.09 bits per heavy atom. The van der Waals surface area contributed by atoms with Crippen molar-refractivity contribution >= 4 is 12.0 Å². The van der Waals surface area contributed by atoms with E-state index in [0.29, 0.717) is 5.92 Å². The fraction of sp³-hybridized carbons (Fsp3) is 0.278. The van der Waals surface area contributed by atoms with Crippen molar-refractivity contribution in [2.75, 3.05) is 0 Å². The van der Waals surface area contributed by atoms with E-state index in [1.807, 2.05) is 31.2 Å². The quantitative estimate of drug-likeness (QED) is 0.706. The largest absolute Gasteiger partial charge is 0.405 e. The Kier molecular flexibility index (Phi) is 6.96. The minimum Gasteiger partial charge on any atom is -0.405 e. The lowest BCUT2D eigenvalue weighted by Crippen LogP contribution is -2.29. The molecule has 0 radical (unpaired) electrons. The molecule has 22 heavy (non-hydrogen) atoms. The summed E-state index contributed by atoms with van der Waals surface area (Å²) in [7, 11) is 0. The van der Waals surface area contributed by atoms with E-state index in [1.54, 1.807) is 12.2 Å². The fourth-order valence-corrected chi connectivity index (χ4v) is 2.24. The second kappa shape index (κ2) is 8.72. The molecule has 5 N–H and O–H groups in total. The van der Waals surface area contributed by atoms with Gasteiger partial charge in [-0.15, -0.1) is 0 Å². The van der Waals surface area contributed by atoms with E-state index in [-0.39, 0.29) is 18.1 Å². The number of allylic oxidation sites excluding steroid dienone is 3. The van der Waals surface area contributed by atoms with Gasteiger partial charge in [0.25, 0.3) is 0 Å². The van der Waals surface area contributed by atoms with Crippen LogP contribution in [-0.2, 0) is 11.2 Å². The molecule has 0 aliphatic carbocycles. The highest BCUT2D eigenvalue weighted by Crippen LogP contribution is 2.24. The molecule has 0 heterocycles. The van der Waals surface area contributed by atoms with Crippen LogP contribution in [0, 0.1) is 0 Å². The summed E-state index contributed by atoms with van der Waals surface area (Å²) in [6, 6.07) is 6.06. The first-order valence-electron chi connectivity index (χ1n) is 7.38. The summed E-state index contributed by atoms with van der Waals surface area (Å²) in [5, 5.41) is 2.65. The molecule has 118 valence electrons. The van der Waals surface area contributed by atoms with Crippen LogP contribution in [0.3, 0.4) is 0 Å². The second-order valence-electron chi connectivity index (χ2n) is 5.31. The molecule has 4 heteroatoms. The van der Waals surface area contributed by atoms with Gasteiger partial charge in [-0.2, -0.15) is 0 Å². The maximum absolute atomic E-state index is 12.1. The van der Waals surface area contributed by atoms with Gasteiger partial charge in [0.05, 0.1) is 6.42 Å². The molecule has 1 rings (SSSR count). The Labute approximate surface area is 132 Å². The van der Waals surface area contributed by atoms with Crippen molar-refractivity contribution in [2.24, 2.45) is 11.5 Å². The van der Waals surface area contributed by atoms with Gasteiger partial charge in [0.15, 0.2) is 0 Å². The van der Waals surface area contributed by atoms with Crippen LogP contribution in [-0.4, -0.2) is 5.91 Å². The summed E-state index contributed by atoms with van der Waals surface area (Å²) in [5.41, 5.74) is 14.3. The Bertz CT molecular complexity index is 598. The molecular weight excluding hydrogens is 274 g/mol.